The maximum atomic E-state index is 8.33. The fourth-order valence-electron chi connectivity index (χ4n) is 0.518. The Balaban J connectivity index is 2.95. The second-order valence-electron chi connectivity index (χ2n) is 1.58. The van der Waals surface area contributed by atoms with Gasteiger partial charge in [0.05, 0.1) is 11.6 Å². The van der Waals surface area contributed by atoms with E-state index in [-0.39, 0.29) is 0 Å². The third-order valence-corrected chi connectivity index (χ3v) is 0.910. The zero-order valence-electron chi connectivity index (χ0n) is 4.70. The molecule has 0 fully saturated rings. The number of amidine groups is 1. The van der Waals surface area contributed by atoms with Crippen LogP contribution in [-0.2, 0) is 0 Å². The standard InChI is InChI=1S/C6H5N3/c7-4-5-1-2-9-6(8)3-5/h1-3H,8H2/q+1. The predicted octanol–water partition coefficient (Wildman–Crippen LogP) is -0.343. The van der Waals surface area contributed by atoms with Gasteiger partial charge in [-0.2, -0.15) is 5.26 Å². The van der Waals surface area contributed by atoms with Gasteiger partial charge in [0, 0.05) is 6.08 Å². The molecule has 0 aromatic rings. The third kappa shape index (κ3) is 1.16. The zero-order chi connectivity index (χ0) is 6.69. The summed E-state index contributed by atoms with van der Waals surface area (Å²) in [6, 6.07) is 1.95. The average molecular weight is 119 g/mol. The molecule has 43 valence electrons. The van der Waals surface area contributed by atoms with Crippen LogP contribution in [0, 0.1) is 11.3 Å². The van der Waals surface area contributed by atoms with E-state index in [1.165, 1.54) is 12.3 Å². The second-order valence-corrected chi connectivity index (χ2v) is 1.58. The molecule has 1 heterocycles. The number of allylic oxidation sites excluding steroid dienone is 2. The van der Waals surface area contributed by atoms with Crippen LogP contribution in [-0.4, -0.2) is 5.84 Å². The van der Waals surface area contributed by atoms with Gasteiger partial charge in [0.15, 0.2) is 0 Å². The van der Waals surface area contributed by atoms with E-state index in [1.54, 1.807) is 6.08 Å². The molecule has 0 saturated heterocycles. The molecule has 0 aliphatic carbocycles. The maximum Gasteiger partial charge on any atom is 0.315 e. The summed E-state index contributed by atoms with van der Waals surface area (Å²) in [7, 11) is 0. The Labute approximate surface area is 52.8 Å². The Bertz CT molecular complexity index is 240. The average Bonchev–Trinajstić information content (AvgIpc) is 1.88. The van der Waals surface area contributed by atoms with E-state index in [2.05, 4.69) is 4.99 Å². The largest absolute Gasteiger partial charge is 0.315 e. The van der Waals surface area contributed by atoms with E-state index in [1.807, 2.05) is 6.07 Å². The lowest BCUT2D eigenvalue weighted by atomic mass is 10.2. The smallest absolute Gasteiger partial charge is 0.284 e. The van der Waals surface area contributed by atoms with Gasteiger partial charge in [-0.3, -0.25) is 5.73 Å². The predicted molar refractivity (Wildman–Crippen MR) is 34.2 cm³/mol. The molecule has 1 aliphatic rings. The molecule has 0 aromatic heterocycles. The van der Waals surface area contributed by atoms with Crippen LogP contribution in [0.4, 0.5) is 0 Å². The molecule has 3 heteroatoms. The van der Waals surface area contributed by atoms with Gasteiger partial charge in [0.1, 0.15) is 6.20 Å². The molecule has 0 unspecified atom stereocenters. The summed E-state index contributed by atoms with van der Waals surface area (Å²) in [5.41, 5.74) is 5.82. The summed E-state index contributed by atoms with van der Waals surface area (Å²) in [6.07, 6.45) is 4.64. The summed E-state index contributed by atoms with van der Waals surface area (Å²) in [4.78, 5) is 3.71. The molecule has 1 radical (unpaired) electrons. The van der Waals surface area contributed by atoms with E-state index in [0.717, 1.165) is 0 Å². The van der Waals surface area contributed by atoms with Crippen molar-refractivity contribution in [3.05, 3.63) is 23.9 Å². The Morgan fingerprint density at radius 2 is 2.44 bits per heavy atom. The van der Waals surface area contributed by atoms with E-state index >= 15 is 0 Å². The Hall–Kier alpha value is -1.56. The van der Waals surface area contributed by atoms with Gasteiger partial charge in [0.25, 0.3) is 0 Å². The third-order valence-electron chi connectivity index (χ3n) is 0.910. The number of nitrogens with zero attached hydrogens (tertiary/aromatic N) is 2. The monoisotopic (exact) mass is 119 g/mol. The molecule has 0 aromatic carbocycles. The quantitative estimate of drug-likeness (QED) is 0.474. The van der Waals surface area contributed by atoms with E-state index in [0.29, 0.717) is 11.4 Å². The number of hydrogen-bond acceptors (Lipinski definition) is 3. The van der Waals surface area contributed by atoms with Crippen molar-refractivity contribution in [1.82, 2.24) is 4.99 Å². The first-order valence-corrected chi connectivity index (χ1v) is 2.44. The minimum absolute atomic E-state index is 0.383. The number of nitrogens with two attached hydrogens (primary N) is 1. The van der Waals surface area contributed by atoms with Crippen LogP contribution in [0.2, 0.25) is 0 Å². The van der Waals surface area contributed by atoms with Gasteiger partial charge < -0.3 is 0 Å². The first kappa shape index (κ1) is 5.57. The Kier molecular flexibility index (Phi) is 1.32. The first-order valence-electron chi connectivity index (χ1n) is 2.44. The summed E-state index contributed by atoms with van der Waals surface area (Å²) < 4.78 is 0. The molecule has 0 bridgehead atoms. The lowest BCUT2D eigenvalue weighted by molar-refractivity contribution is 1.31. The summed E-state index contributed by atoms with van der Waals surface area (Å²) in [5.74, 6) is 0.383. The van der Waals surface area contributed by atoms with Crippen molar-refractivity contribution in [2.24, 2.45) is 5.73 Å². The van der Waals surface area contributed by atoms with Crippen LogP contribution in [0.25, 0.3) is 0 Å². The highest BCUT2D eigenvalue weighted by molar-refractivity contribution is 5.93. The molecule has 1 aliphatic heterocycles. The van der Waals surface area contributed by atoms with E-state index in [9.17, 15) is 0 Å². The van der Waals surface area contributed by atoms with Gasteiger partial charge in [-0.1, -0.05) is 4.99 Å². The van der Waals surface area contributed by atoms with Crippen molar-refractivity contribution in [2.45, 2.75) is 0 Å². The van der Waals surface area contributed by atoms with Gasteiger partial charge in [-0.15, -0.1) is 0 Å². The van der Waals surface area contributed by atoms with Crippen molar-refractivity contribution < 1.29 is 0 Å². The summed E-state index contributed by atoms with van der Waals surface area (Å²) in [5, 5.41) is 8.33. The van der Waals surface area contributed by atoms with Gasteiger partial charge >= 0.3 is 5.84 Å². The fourth-order valence-corrected chi connectivity index (χ4v) is 0.518. The highest BCUT2D eigenvalue weighted by Crippen LogP contribution is 1.95. The van der Waals surface area contributed by atoms with E-state index in [4.69, 9.17) is 11.0 Å². The number of hydrogen-bond donors (Lipinski definition) is 1. The molecule has 0 atom stereocenters. The lowest BCUT2D eigenvalue weighted by Crippen LogP contribution is -2.15. The number of nitriles is 1. The van der Waals surface area contributed by atoms with Gasteiger partial charge in [-0.05, 0) is 6.08 Å². The van der Waals surface area contributed by atoms with Gasteiger partial charge in [-0.25, -0.2) is 0 Å². The molecule has 0 saturated carbocycles. The van der Waals surface area contributed by atoms with Crippen molar-refractivity contribution in [2.75, 3.05) is 0 Å². The molecule has 0 spiro atoms. The van der Waals surface area contributed by atoms with Crippen molar-refractivity contribution in [1.29, 1.82) is 5.26 Å². The van der Waals surface area contributed by atoms with E-state index < -0.39 is 0 Å². The van der Waals surface area contributed by atoms with Crippen molar-refractivity contribution in [3.8, 4) is 6.07 Å². The summed E-state index contributed by atoms with van der Waals surface area (Å²) in [6.45, 7) is 0. The van der Waals surface area contributed by atoms with Crippen LogP contribution in [0.3, 0.4) is 0 Å². The molecule has 3 nitrogen and oxygen atoms in total. The van der Waals surface area contributed by atoms with Crippen LogP contribution < -0.4 is 10.7 Å². The lowest BCUT2D eigenvalue weighted by Gasteiger charge is -1.85. The SMILES string of the molecule is N#CC1=CC(N)=[N+]C=C1. The molecule has 2 N–H and O–H groups in total. The fraction of sp³-hybridized carbons (Fsp3) is 0. The molecule has 1 rings (SSSR count). The van der Waals surface area contributed by atoms with Crippen molar-refractivity contribution in [3.63, 3.8) is 0 Å². The topological polar surface area (TPSA) is 63.9 Å². The van der Waals surface area contributed by atoms with Crippen LogP contribution in [0.15, 0.2) is 23.9 Å². The first-order chi connectivity index (χ1) is 4.33. The Morgan fingerprint density at radius 1 is 1.67 bits per heavy atom. The minimum Gasteiger partial charge on any atom is -0.284 e. The highest BCUT2D eigenvalue weighted by Gasteiger charge is 2.02. The second kappa shape index (κ2) is 2.14. The van der Waals surface area contributed by atoms with Crippen LogP contribution in [0.5, 0.6) is 0 Å². The Morgan fingerprint density at radius 3 is 2.89 bits per heavy atom. The molecular formula is C6H5N3+. The normalized spacial score (nSPS) is 15.9. The minimum atomic E-state index is 0.383. The van der Waals surface area contributed by atoms with Crippen LogP contribution >= 0.6 is 0 Å². The summed E-state index contributed by atoms with van der Waals surface area (Å²) >= 11 is 0. The molecule has 9 heavy (non-hydrogen) atoms. The van der Waals surface area contributed by atoms with Gasteiger partial charge in [0.2, 0.25) is 0 Å². The highest BCUT2D eigenvalue weighted by atomic mass is 14.8. The van der Waals surface area contributed by atoms with Crippen molar-refractivity contribution >= 4 is 5.84 Å². The molecule has 0 amide bonds. The maximum absolute atomic E-state index is 8.33. The number of aliphatic imine (C=N–C) groups is 1. The van der Waals surface area contributed by atoms with Crippen LogP contribution in [0.1, 0.15) is 0 Å². The zero-order valence-corrected chi connectivity index (χ0v) is 4.70. The molecular weight excluding hydrogens is 114 g/mol. The number of rotatable bonds is 0.